The maximum absolute atomic E-state index is 11.2. The lowest BCUT2D eigenvalue weighted by Gasteiger charge is -2.05. The molecule has 4 heteroatoms. The van der Waals surface area contributed by atoms with Crippen molar-refractivity contribution in [3.05, 3.63) is 41.5 Å². The third kappa shape index (κ3) is 2.38. The molecular weight excluding hydrogens is 244 g/mol. The van der Waals surface area contributed by atoms with Crippen molar-refractivity contribution in [2.75, 3.05) is 5.73 Å². The van der Waals surface area contributed by atoms with Crippen LogP contribution in [-0.4, -0.2) is 5.91 Å². The molecule has 0 bridgehead atoms. The van der Waals surface area contributed by atoms with Gasteiger partial charge in [0.05, 0.1) is 10.6 Å². The van der Waals surface area contributed by atoms with Crippen molar-refractivity contribution in [2.45, 2.75) is 19.8 Å². The number of amides is 1. The average molecular weight is 260 g/mol. The zero-order valence-corrected chi connectivity index (χ0v) is 11.3. The fraction of sp³-hybridized carbons (Fsp3) is 0.214. The first-order valence-electron chi connectivity index (χ1n) is 5.78. The Balaban J connectivity index is 2.37. The number of anilines is 1. The lowest BCUT2D eigenvalue weighted by molar-refractivity contribution is 0.100. The van der Waals surface area contributed by atoms with Crippen LogP contribution in [0.25, 0.3) is 10.4 Å². The van der Waals surface area contributed by atoms with Gasteiger partial charge in [0.25, 0.3) is 5.91 Å². The summed E-state index contributed by atoms with van der Waals surface area (Å²) < 4.78 is 0. The molecular formula is C14H16N2OS. The number of primary amides is 1. The van der Waals surface area contributed by atoms with Crippen LogP contribution < -0.4 is 11.5 Å². The number of hydrogen-bond donors (Lipinski definition) is 2. The third-order valence-corrected chi connectivity index (χ3v) is 3.90. The minimum absolute atomic E-state index is 0.405. The standard InChI is InChI=1S/C14H16N2OS/c1-8(2)9-3-5-10(6-4-9)12-7-11(13(15)17)14(16)18-12/h3-8H,16H2,1-2H3,(H2,15,17). The number of nitrogens with two attached hydrogens (primary N) is 2. The number of rotatable bonds is 3. The molecule has 0 fully saturated rings. The zero-order valence-electron chi connectivity index (χ0n) is 10.4. The third-order valence-electron chi connectivity index (χ3n) is 2.89. The molecule has 1 aromatic heterocycles. The van der Waals surface area contributed by atoms with E-state index in [2.05, 4.69) is 26.0 Å². The summed E-state index contributed by atoms with van der Waals surface area (Å²) in [6.45, 7) is 4.31. The first-order valence-corrected chi connectivity index (χ1v) is 6.60. The summed E-state index contributed by atoms with van der Waals surface area (Å²) in [5.41, 5.74) is 13.8. The molecule has 0 unspecified atom stereocenters. The molecule has 1 aromatic carbocycles. The summed E-state index contributed by atoms with van der Waals surface area (Å²) in [4.78, 5) is 12.1. The topological polar surface area (TPSA) is 69.1 Å². The molecule has 0 radical (unpaired) electrons. The highest BCUT2D eigenvalue weighted by Gasteiger charge is 2.12. The van der Waals surface area contributed by atoms with Crippen molar-refractivity contribution in [1.82, 2.24) is 0 Å². The van der Waals surface area contributed by atoms with Crippen LogP contribution in [0.3, 0.4) is 0 Å². The van der Waals surface area contributed by atoms with Gasteiger partial charge in [-0.1, -0.05) is 38.1 Å². The maximum Gasteiger partial charge on any atom is 0.251 e. The molecule has 0 spiro atoms. The first kappa shape index (κ1) is 12.6. The largest absolute Gasteiger partial charge is 0.390 e. The van der Waals surface area contributed by atoms with E-state index in [4.69, 9.17) is 11.5 Å². The molecule has 0 aliphatic heterocycles. The van der Waals surface area contributed by atoms with Crippen molar-refractivity contribution in [2.24, 2.45) is 5.73 Å². The van der Waals surface area contributed by atoms with Gasteiger partial charge < -0.3 is 11.5 Å². The van der Waals surface area contributed by atoms with Crippen molar-refractivity contribution in [3.8, 4) is 10.4 Å². The normalized spacial score (nSPS) is 10.8. The monoisotopic (exact) mass is 260 g/mol. The van der Waals surface area contributed by atoms with E-state index in [0.717, 1.165) is 10.4 Å². The minimum atomic E-state index is -0.478. The minimum Gasteiger partial charge on any atom is -0.390 e. The highest BCUT2D eigenvalue weighted by Crippen LogP contribution is 2.33. The van der Waals surface area contributed by atoms with E-state index in [1.807, 2.05) is 12.1 Å². The summed E-state index contributed by atoms with van der Waals surface area (Å²) in [5, 5.41) is 0.477. The number of carbonyl (C=O) groups excluding carboxylic acids is 1. The number of nitrogen functional groups attached to an aromatic ring is 1. The Hall–Kier alpha value is -1.81. The van der Waals surface area contributed by atoms with Crippen LogP contribution in [0.4, 0.5) is 5.00 Å². The molecule has 0 saturated carbocycles. The molecule has 18 heavy (non-hydrogen) atoms. The second-order valence-electron chi connectivity index (χ2n) is 4.53. The van der Waals surface area contributed by atoms with Gasteiger partial charge in [-0.3, -0.25) is 4.79 Å². The Labute approximate surface area is 110 Å². The summed E-state index contributed by atoms with van der Waals surface area (Å²) in [7, 11) is 0. The lowest BCUT2D eigenvalue weighted by Crippen LogP contribution is -2.11. The Morgan fingerprint density at radius 1 is 1.22 bits per heavy atom. The van der Waals surface area contributed by atoms with Gasteiger partial charge in [0, 0.05) is 4.88 Å². The second-order valence-corrected chi connectivity index (χ2v) is 5.61. The second kappa shape index (κ2) is 4.82. The van der Waals surface area contributed by atoms with Gasteiger partial charge in [-0.15, -0.1) is 11.3 Å². The van der Waals surface area contributed by atoms with Crippen molar-refractivity contribution >= 4 is 22.2 Å². The van der Waals surface area contributed by atoms with Gasteiger partial charge in [0.1, 0.15) is 0 Å². The Bertz CT molecular complexity index is 570. The van der Waals surface area contributed by atoms with Gasteiger partial charge in [-0.05, 0) is 23.1 Å². The highest BCUT2D eigenvalue weighted by atomic mass is 32.1. The molecule has 2 rings (SSSR count). The van der Waals surface area contributed by atoms with Crippen molar-refractivity contribution in [3.63, 3.8) is 0 Å². The molecule has 0 aliphatic carbocycles. The predicted octanol–water partition coefficient (Wildman–Crippen LogP) is 3.22. The fourth-order valence-corrected chi connectivity index (χ4v) is 2.71. The molecule has 0 atom stereocenters. The van der Waals surface area contributed by atoms with Gasteiger partial charge in [0.15, 0.2) is 0 Å². The fourth-order valence-electron chi connectivity index (χ4n) is 1.77. The van der Waals surface area contributed by atoms with Crippen LogP contribution in [0.5, 0.6) is 0 Å². The lowest BCUT2D eigenvalue weighted by atomic mass is 10.0. The highest BCUT2D eigenvalue weighted by molar-refractivity contribution is 7.19. The van der Waals surface area contributed by atoms with Crippen LogP contribution in [0.1, 0.15) is 35.7 Å². The van der Waals surface area contributed by atoms with E-state index < -0.39 is 5.91 Å². The first-order chi connectivity index (χ1) is 8.49. The Morgan fingerprint density at radius 3 is 2.28 bits per heavy atom. The average Bonchev–Trinajstić information content (AvgIpc) is 2.71. The molecule has 3 nitrogen and oxygen atoms in total. The summed E-state index contributed by atoms with van der Waals surface area (Å²) >= 11 is 1.39. The van der Waals surface area contributed by atoms with Crippen LogP contribution in [0.2, 0.25) is 0 Å². The van der Waals surface area contributed by atoms with Gasteiger partial charge in [-0.2, -0.15) is 0 Å². The van der Waals surface area contributed by atoms with Crippen LogP contribution in [0.15, 0.2) is 30.3 Å². The van der Waals surface area contributed by atoms with E-state index in [1.165, 1.54) is 16.9 Å². The zero-order chi connectivity index (χ0) is 13.3. The van der Waals surface area contributed by atoms with Crippen LogP contribution in [-0.2, 0) is 0 Å². The van der Waals surface area contributed by atoms with Gasteiger partial charge in [0.2, 0.25) is 0 Å². The summed E-state index contributed by atoms with van der Waals surface area (Å²) in [5.74, 6) is 0.0300. The van der Waals surface area contributed by atoms with Gasteiger partial charge in [-0.25, -0.2) is 0 Å². The van der Waals surface area contributed by atoms with E-state index in [0.29, 0.717) is 16.5 Å². The van der Waals surface area contributed by atoms with E-state index in [1.54, 1.807) is 6.07 Å². The molecule has 1 amide bonds. The van der Waals surface area contributed by atoms with Crippen LogP contribution >= 0.6 is 11.3 Å². The van der Waals surface area contributed by atoms with Gasteiger partial charge >= 0.3 is 0 Å². The Morgan fingerprint density at radius 2 is 1.83 bits per heavy atom. The molecule has 4 N–H and O–H groups in total. The SMILES string of the molecule is CC(C)c1ccc(-c2cc(C(N)=O)c(N)s2)cc1. The summed E-state index contributed by atoms with van der Waals surface area (Å²) in [6, 6.07) is 10.0. The maximum atomic E-state index is 11.2. The number of carbonyl (C=O) groups is 1. The summed E-state index contributed by atoms with van der Waals surface area (Å²) in [6.07, 6.45) is 0. The smallest absolute Gasteiger partial charge is 0.251 e. The molecule has 1 heterocycles. The van der Waals surface area contributed by atoms with E-state index >= 15 is 0 Å². The Kier molecular flexibility index (Phi) is 3.39. The molecule has 2 aromatic rings. The molecule has 0 saturated heterocycles. The van der Waals surface area contributed by atoms with E-state index in [-0.39, 0.29) is 0 Å². The molecule has 0 aliphatic rings. The van der Waals surface area contributed by atoms with E-state index in [9.17, 15) is 4.79 Å². The molecule has 94 valence electrons. The number of benzene rings is 1. The predicted molar refractivity (Wildman–Crippen MR) is 76.8 cm³/mol. The quantitative estimate of drug-likeness (QED) is 0.889. The van der Waals surface area contributed by atoms with Crippen molar-refractivity contribution in [1.29, 1.82) is 0 Å². The number of thiophene rings is 1. The van der Waals surface area contributed by atoms with Crippen LogP contribution in [0, 0.1) is 0 Å². The van der Waals surface area contributed by atoms with Crippen molar-refractivity contribution < 1.29 is 4.79 Å². The number of hydrogen-bond acceptors (Lipinski definition) is 3.